The molecule has 0 spiro atoms. The van der Waals surface area contributed by atoms with Gasteiger partial charge in [0.2, 0.25) is 0 Å². The summed E-state index contributed by atoms with van der Waals surface area (Å²) >= 11 is 0. The molecule has 1 aromatic heterocycles. The van der Waals surface area contributed by atoms with Gasteiger partial charge in [-0.05, 0) is 55.4 Å². The number of carbonyl (C=O) groups is 1. The normalized spacial score (nSPS) is 15.2. The van der Waals surface area contributed by atoms with Gasteiger partial charge in [-0.3, -0.25) is 4.79 Å². The highest BCUT2D eigenvalue weighted by Gasteiger charge is 2.21. The van der Waals surface area contributed by atoms with Gasteiger partial charge in [0.05, 0.1) is 0 Å². The second-order valence-corrected chi connectivity index (χ2v) is 7.59. The molecule has 1 N–H and O–H groups in total. The van der Waals surface area contributed by atoms with Crippen molar-refractivity contribution in [2.45, 2.75) is 26.2 Å². The average molecular weight is 358 g/mol. The smallest absolute Gasteiger partial charge is 0.161 e. The van der Waals surface area contributed by atoms with Crippen LogP contribution in [-0.4, -0.2) is 28.8 Å². The third-order valence-corrected chi connectivity index (χ3v) is 5.76. The molecular weight excluding hydrogens is 332 g/mol. The van der Waals surface area contributed by atoms with Gasteiger partial charge in [-0.25, -0.2) is 0 Å². The summed E-state index contributed by atoms with van der Waals surface area (Å²) in [6.07, 6.45) is 5.35. The van der Waals surface area contributed by atoms with Gasteiger partial charge in [0.1, 0.15) is 0 Å². The van der Waals surface area contributed by atoms with Crippen LogP contribution in [0.2, 0.25) is 0 Å². The molecule has 3 heteroatoms. The molecule has 0 unspecified atom stereocenters. The number of Topliss-reactive ketones (excluding diaryl/α,β-unsaturated/α-hetero) is 1. The summed E-state index contributed by atoms with van der Waals surface area (Å²) < 4.78 is 0. The minimum atomic E-state index is 0.0886. The summed E-state index contributed by atoms with van der Waals surface area (Å²) in [5, 5.41) is 0.986. The highest BCUT2D eigenvalue weighted by Crippen LogP contribution is 2.29. The lowest BCUT2D eigenvalue weighted by Crippen LogP contribution is -2.32. The lowest BCUT2D eigenvalue weighted by atomic mass is 9.89. The third-order valence-electron chi connectivity index (χ3n) is 5.76. The Hall–Kier alpha value is -2.81. The Morgan fingerprint density at radius 2 is 1.89 bits per heavy atom. The van der Waals surface area contributed by atoms with Crippen LogP contribution in [-0.2, 0) is 6.42 Å². The number of nitrogens with one attached hydrogen (secondary N) is 1. The van der Waals surface area contributed by atoms with Gasteiger partial charge in [-0.15, -0.1) is 0 Å². The molecule has 1 saturated heterocycles. The molecule has 27 heavy (non-hydrogen) atoms. The molecule has 1 aliphatic heterocycles. The van der Waals surface area contributed by atoms with Gasteiger partial charge in [0.25, 0.3) is 0 Å². The number of H-pyrrole nitrogens is 1. The fraction of sp³-hybridized carbons (Fsp3) is 0.292. The van der Waals surface area contributed by atoms with Crippen molar-refractivity contribution in [3.8, 4) is 0 Å². The molecule has 138 valence electrons. The first-order chi connectivity index (χ1) is 13.1. The van der Waals surface area contributed by atoms with Gasteiger partial charge < -0.3 is 9.88 Å². The largest absolute Gasteiger partial charge is 0.372 e. The fourth-order valence-electron chi connectivity index (χ4n) is 4.13. The molecular formula is C24H26N2O. The van der Waals surface area contributed by atoms with E-state index < -0.39 is 0 Å². The standard InChI is InChI=1S/C24H26N2O/c1-17(21-8-9-24-22(15-21)23(16-25-24)18(2)27)26-12-10-20(11-13-26)14-19-6-4-3-5-7-19/h3-9,15-16,20,25H,1,10-14H2,2H3. The van der Waals surface area contributed by atoms with Crippen molar-refractivity contribution in [2.75, 3.05) is 13.1 Å². The number of likely N-dealkylation sites (tertiary alicyclic amines) is 1. The van der Waals surface area contributed by atoms with Crippen LogP contribution < -0.4 is 0 Å². The van der Waals surface area contributed by atoms with Crippen molar-refractivity contribution in [3.63, 3.8) is 0 Å². The predicted molar refractivity (Wildman–Crippen MR) is 112 cm³/mol. The Bertz CT molecular complexity index is 962. The van der Waals surface area contributed by atoms with Crippen LogP contribution in [0.25, 0.3) is 16.6 Å². The molecule has 0 bridgehead atoms. The molecule has 1 aliphatic rings. The maximum Gasteiger partial charge on any atom is 0.161 e. The van der Waals surface area contributed by atoms with E-state index in [0.717, 1.165) is 46.7 Å². The quantitative estimate of drug-likeness (QED) is 0.629. The van der Waals surface area contributed by atoms with Crippen LogP contribution in [0.15, 0.2) is 61.3 Å². The molecule has 0 radical (unpaired) electrons. The Kier molecular flexibility index (Phi) is 4.85. The maximum absolute atomic E-state index is 11.8. The monoisotopic (exact) mass is 358 g/mol. The molecule has 4 rings (SSSR count). The summed E-state index contributed by atoms with van der Waals surface area (Å²) in [6, 6.07) is 17.0. The Morgan fingerprint density at radius 1 is 1.15 bits per heavy atom. The Labute approximate surface area is 160 Å². The highest BCUT2D eigenvalue weighted by molar-refractivity contribution is 6.07. The second-order valence-electron chi connectivity index (χ2n) is 7.59. The summed E-state index contributed by atoms with van der Waals surface area (Å²) in [6.45, 7) is 8.05. The number of hydrogen-bond acceptors (Lipinski definition) is 2. The Morgan fingerprint density at radius 3 is 2.59 bits per heavy atom. The van der Waals surface area contributed by atoms with E-state index in [4.69, 9.17) is 0 Å². The summed E-state index contributed by atoms with van der Waals surface area (Å²) in [5.41, 5.74) is 5.35. The van der Waals surface area contributed by atoms with E-state index in [2.05, 4.69) is 58.9 Å². The molecule has 2 aromatic carbocycles. The topological polar surface area (TPSA) is 36.1 Å². The van der Waals surface area contributed by atoms with Gasteiger partial charge >= 0.3 is 0 Å². The number of fused-ring (bicyclic) bond motifs is 1. The third kappa shape index (κ3) is 3.68. The van der Waals surface area contributed by atoms with Crippen LogP contribution in [0.5, 0.6) is 0 Å². The summed E-state index contributed by atoms with van der Waals surface area (Å²) in [5.74, 6) is 0.832. The van der Waals surface area contributed by atoms with Gasteiger partial charge in [0, 0.05) is 41.4 Å². The summed E-state index contributed by atoms with van der Waals surface area (Å²) in [7, 11) is 0. The number of ketones is 1. The molecule has 0 amide bonds. The first-order valence-electron chi connectivity index (χ1n) is 9.72. The van der Waals surface area contributed by atoms with Crippen molar-refractivity contribution in [1.29, 1.82) is 0 Å². The zero-order valence-electron chi connectivity index (χ0n) is 15.9. The van der Waals surface area contributed by atoms with E-state index >= 15 is 0 Å². The highest BCUT2D eigenvalue weighted by atomic mass is 16.1. The van der Waals surface area contributed by atoms with Gasteiger partial charge in [0.15, 0.2) is 5.78 Å². The minimum Gasteiger partial charge on any atom is -0.372 e. The SMILES string of the molecule is C=C(c1ccc2[nH]cc(C(C)=O)c2c1)N1CCC(Cc2ccccc2)CC1. The maximum atomic E-state index is 11.8. The van der Waals surface area contributed by atoms with Crippen LogP contribution in [0.4, 0.5) is 0 Å². The number of nitrogens with zero attached hydrogens (tertiary/aromatic N) is 1. The van der Waals surface area contributed by atoms with E-state index in [1.54, 1.807) is 13.1 Å². The molecule has 3 nitrogen and oxygen atoms in total. The second kappa shape index (κ2) is 7.43. The fourth-order valence-corrected chi connectivity index (χ4v) is 4.13. The number of aromatic amines is 1. The number of rotatable bonds is 5. The van der Waals surface area contributed by atoms with Crippen molar-refractivity contribution in [1.82, 2.24) is 9.88 Å². The van der Waals surface area contributed by atoms with E-state index in [-0.39, 0.29) is 5.78 Å². The number of carbonyl (C=O) groups excluding carboxylic acids is 1. The first-order valence-corrected chi connectivity index (χ1v) is 9.72. The minimum absolute atomic E-state index is 0.0886. The van der Waals surface area contributed by atoms with Crippen LogP contribution in [0.1, 0.15) is 41.3 Å². The average Bonchev–Trinajstić information content (AvgIpc) is 3.12. The van der Waals surface area contributed by atoms with Crippen molar-refractivity contribution >= 4 is 22.4 Å². The van der Waals surface area contributed by atoms with Crippen molar-refractivity contribution in [3.05, 3.63) is 78.0 Å². The lowest BCUT2D eigenvalue weighted by molar-refractivity contribution is 0.101. The van der Waals surface area contributed by atoms with E-state index in [0.29, 0.717) is 0 Å². The van der Waals surface area contributed by atoms with Crippen LogP contribution in [0, 0.1) is 5.92 Å². The first kappa shape index (κ1) is 17.6. The number of benzene rings is 2. The van der Waals surface area contributed by atoms with E-state index in [1.807, 2.05) is 6.07 Å². The van der Waals surface area contributed by atoms with Crippen LogP contribution in [0.3, 0.4) is 0 Å². The Balaban J connectivity index is 1.44. The molecule has 0 saturated carbocycles. The molecule has 2 heterocycles. The van der Waals surface area contributed by atoms with Crippen molar-refractivity contribution in [2.24, 2.45) is 5.92 Å². The van der Waals surface area contributed by atoms with Gasteiger partial charge in [-0.1, -0.05) is 43.0 Å². The molecule has 0 aliphatic carbocycles. The predicted octanol–water partition coefficient (Wildman–Crippen LogP) is 5.30. The van der Waals surface area contributed by atoms with Crippen LogP contribution >= 0.6 is 0 Å². The number of piperidine rings is 1. The summed E-state index contributed by atoms with van der Waals surface area (Å²) in [4.78, 5) is 17.4. The van der Waals surface area contributed by atoms with Crippen molar-refractivity contribution < 1.29 is 4.79 Å². The molecule has 1 fully saturated rings. The zero-order valence-corrected chi connectivity index (χ0v) is 15.9. The van der Waals surface area contributed by atoms with E-state index in [9.17, 15) is 4.79 Å². The van der Waals surface area contributed by atoms with E-state index in [1.165, 1.54) is 24.8 Å². The number of aromatic nitrogens is 1. The molecule has 0 atom stereocenters. The molecule has 3 aromatic rings. The number of hydrogen-bond donors (Lipinski definition) is 1. The zero-order chi connectivity index (χ0) is 18.8. The van der Waals surface area contributed by atoms with Gasteiger partial charge in [-0.2, -0.15) is 0 Å². The lowest BCUT2D eigenvalue weighted by Gasteiger charge is -2.35.